The van der Waals surface area contributed by atoms with Gasteiger partial charge in [0, 0.05) is 16.2 Å². The fourth-order valence-corrected chi connectivity index (χ4v) is 2.71. The lowest BCUT2D eigenvalue weighted by atomic mass is 10.1. The fraction of sp³-hybridized carbons (Fsp3) is 0.250. The highest BCUT2D eigenvalue weighted by atomic mass is 79.9. The third-order valence-corrected chi connectivity index (χ3v) is 4.02. The molecule has 2 aromatic carbocycles. The number of aryl methyl sites for hydroxylation is 1. The van der Waals surface area contributed by atoms with E-state index in [-0.39, 0.29) is 5.91 Å². The van der Waals surface area contributed by atoms with Crippen LogP contribution in [0.4, 0.5) is 5.69 Å². The first-order valence-corrected chi connectivity index (χ1v) is 8.89. The van der Waals surface area contributed by atoms with Gasteiger partial charge in [0.05, 0.1) is 13.7 Å². The lowest BCUT2D eigenvalue weighted by molar-refractivity contribution is -0.111. The molecule has 0 aromatic heterocycles. The maximum Gasteiger partial charge on any atom is 0.248 e. The van der Waals surface area contributed by atoms with Crippen molar-refractivity contribution in [3.05, 3.63) is 58.1 Å². The molecule has 2 aromatic rings. The average Bonchev–Trinajstić information content (AvgIpc) is 2.60. The van der Waals surface area contributed by atoms with Gasteiger partial charge in [-0.1, -0.05) is 28.9 Å². The molecule has 0 aliphatic heterocycles. The van der Waals surface area contributed by atoms with Crippen LogP contribution >= 0.6 is 15.9 Å². The Kier molecular flexibility index (Phi) is 7.07. The van der Waals surface area contributed by atoms with E-state index in [2.05, 4.69) is 28.2 Å². The van der Waals surface area contributed by atoms with E-state index in [0.717, 1.165) is 27.7 Å². The molecule has 5 heteroatoms. The van der Waals surface area contributed by atoms with Crippen molar-refractivity contribution in [3.63, 3.8) is 0 Å². The number of amides is 1. The lowest BCUT2D eigenvalue weighted by Gasteiger charge is -2.10. The van der Waals surface area contributed by atoms with Gasteiger partial charge in [-0.2, -0.15) is 0 Å². The van der Waals surface area contributed by atoms with E-state index in [1.807, 2.05) is 43.3 Å². The van der Waals surface area contributed by atoms with Gasteiger partial charge < -0.3 is 14.8 Å². The smallest absolute Gasteiger partial charge is 0.248 e. The number of carbonyl (C=O) groups is 1. The molecule has 0 unspecified atom stereocenters. The summed E-state index contributed by atoms with van der Waals surface area (Å²) in [6, 6.07) is 11.3. The Balaban J connectivity index is 2.06. The van der Waals surface area contributed by atoms with Gasteiger partial charge in [-0.05, 0) is 60.9 Å². The van der Waals surface area contributed by atoms with Crippen LogP contribution in [-0.2, 0) is 4.79 Å². The van der Waals surface area contributed by atoms with E-state index < -0.39 is 0 Å². The molecular formula is C20H22BrNO3. The van der Waals surface area contributed by atoms with Gasteiger partial charge in [0.2, 0.25) is 5.91 Å². The van der Waals surface area contributed by atoms with Gasteiger partial charge >= 0.3 is 0 Å². The highest BCUT2D eigenvalue weighted by Gasteiger charge is 2.05. The highest BCUT2D eigenvalue weighted by molar-refractivity contribution is 9.10. The molecule has 1 amide bonds. The van der Waals surface area contributed by atoms with E-state index in [1.54, 1.807) is 13.2 Å². The molecule has 0 fully saturated rings. The highest BCUT2D eigenvalue weighted by Crippen LogP contribution is 2.28. The number of ether oxygens (including phenoxy) is 2. The number of carbonyl (C=O) groups excluding carboxylic acids is 1. The first kappa shape index (κ1) is 19.1. The van der Waals surface area contributed by atoms with Gasteiger partial charge in [0.15, 0.2) is 11.5 Å². The minimum Gasteiger partial charge on any atom is -0.493 e. The lowest BCUT2D eigenvalue weighted by Crippen LogP contribution is -2.08. The third-order valence-electron chi connectivity index (χ3n) is 3.52. The van der Waals surface area contributed by atoms with Crippen LogP contribution in [0.3, 0.4) is 0 Å². The van der Waals surface area contributed by atoms with Gasteiger partial charge in [-0.15, -0.1) is 0 Å². The molecule has 2 rings (SSSR count). The Morgan fingerprint density at radius 1 is 1.20 bits per heavy atom. The van der Waals surface area contributed by atoms with Crippen LogP contribution < -0.4 is 14.8 Å². The number of hydrogen-bond donors (Lipinski definition) is 1. The number of methoxy groups -OCH3 is 1. The van der Waals surface area contributed by atoms with E-state index in [1.165, 1.54) is 6.08 Å². The SMILES string of the molecule is CCCOc1ccc(/C=C/C(=O)Nc2ccc(Br)cc2C)cc1OC. The first-order chi connectivity index (χ1) is 12.0. The topological polar surface area (TPSA) is 47.6 Å². The van der Waals surface area contributed by atoms with Crippen molar-refractivity contribution in [2.45, 2.75) is 20.3 Å². The van der Waals surface area contributed by atoms with Crippen LogP contribution in [0.5, 0.6) is 11.5 Å². The largest absolute Gasteiger partial charge is 0.493 e. The summed E-state index contributed by atoms with van der Waals surface area (Å²) < 4.78 is 12.0. The summed E-state index contributed by atoms with van der Waals surface area (Å²) in [6.45, 7) is 4.64. The summed E-state index contributed by atoms with van der Waals surface area (Å²) in [7, 11) is 1.60. The normalized spacial score (nSPS) is 10.7. The molecule has 0 saturated carbocycles. The van der Waals surface area contributed by atoms with Gasteiger partial charge in [0.25, 0.3) is 0 Å². The summed E-state index contributed by atoms with van der Waals surface area (Å²) >= 11 is 3.41. The van der Waals surface area contributed by atoms with Crippen molar-refractivity contribution in [2.75, 3.05) is 19.0 Å². The van der Waals surface area contributed by atoms with Gasteiger partial charge in [-0.25, -0.2) is 0 Å². The summed E-state index contributed by atoms with van der Waals surface area (Å²) in [4.78, 5) is 12.1. The Morgan fingerprint density at radius 2 is 2.00 bits per heavy atom. The van der Waals surface area contributed by atoms with E-state index in [4.69, 9.17) is 9.47 Å². The number of benzene rings is 2. The van der Waals surface area contributed by atoms with Gasteiger partial charge in [-0.3, -0.25) is 4.79 Å². The second kappa shape index (κ2) is 9.28. The molecule has 0 saturated heterocycles. The zero-order valence-electron chi connectivity index (χ0n) is 14.6. The summed E-state index contributed by atoms with van der Waals surface area (Å²) in [5.41, 5.74) is 2.65. The molecule has 0 spiro atoms. The maximum absolute atomic E-state index is 12.1. The Labute approximate surface area is 157 Å². The predicted molar refractivity (Wildman–Crippen MR) is 105 cm³/mol. The molecule has 0 bridgehead atoms. The van der Waals surface area contributed by atoms with E-state index in [9.17, 15) is 4.79 Å². The molecule has 0 atom stereocenters. The molecule has 25 heavy (non-hydrogen) atoms. The fourth-order valence-electron chi connectivity index (χ4n) is 2.23. The van der Waals surface area contributed by atoms with Crippen molar-refractivity contribution in [3.8, 4) is 11.5 Å². The minimum atomic E-state index is -0.185. The minimum absolute atomic E-state index is 0.185. The number of nitrogens with one attached hydrogen (secondary N) is 1. The first-order valence-electron chi connectivity index (χ1n) is 8.09. The van der Waals surface area contributed by atoms with E-state index >= 15 is 0 Å². The summed E-state index contributed by atoms with van der Waals surface area (Å²) in [5.74, 6) is 1.17. The number of anilines is 1. The number of halogens is 1. The molecule has 1 N–H and O–H groups in total. The molecular weight excluding hydrogens is 382 g/mol. The summed E-state index contributed by atoms with van der Waals surface area (Å²) in [5, 5.41) is 2.87. The average molecular weight is 404 g/mol. The number of rotatable bonds is 7. The molecule has 4 nitrogen and oxygen atoms in total. The zero-order chi connectivity index (χ0) is 18.2. The van der Waals surface area contributed by atoms with Crippen LogP contribution in [0.25, 0.3) is 6.08 Å². The Hall–Kier alpha value is -2.27. The Bertz CT molecular complexity index is 772. The second-order valence-electron chi connectivity index (χ2n) is 5.54. The molecule has 0 heterocycles. The predicted octanol–water partition coefficient (Wildman–Crippen LogP) is 5.21. The zero-order valence-corrected chi connectivity index (χ0v) is 16.2. The number of hydrogen-bond acceptors (Lipinski definition) is 3. The molecule has 0 aliphatic carbocycles. The second-order valence-corrected chi connectivity index (χ2v) is 6.46. The molecule has 0 aliphatic rings. The van der Waals surface area contributed by atoms with Crippen molar-refractivity contribution < 1.29 is 14.3 Å². The molecule has 0 radical (unpaired) electrons. The Morgan fingerprint density at radius 3 is 2.68 bits per heavy atom. The van der Waals surface area contributed by atoms with Crippen LogP contribution in [0.1, 0.15) is 24.5 Å². The maximum atomic E-state index is 12.1. The van der Waals surface area contributed by atoms with Crippen molar-refractivity contribution in [1.82, 2.24) is 0 Å². The standard InChI is InChI=1S/C20H22BrNO3/c1-4-11-25-18-9-5-15(13-19(18)24-3)6-10-20(23)22-17-8-7-16(21)12-14(17)2/h5-10,12-13H,4,11H2,1-3H3,(H,22,23)/b10-6+. The van der Waals surface area contributed by atoms with Crippen LogP contribution in [0.15, 0.2) is 46.9 Å². The van der Waals surface area contributed by atoms with Crippen LogP contribution in [0, 0.1) is 6.92 Å². The van der Waals surface area contributed by atoms with Crippen molar-refractivity contribution >= 4 is 33.6 Å². The van der Waals surface area contributed by atoms with Crippen LogP contribution in [0.2, 0.25) is 0 Å². The summed E-state index contributed by atoms with van der Waals surface area (Å²) in [6.07, 6.45) is 4.18. The van der Waals surface area contributed by atoms with Gasteiger partial charge in [0.1, 0.15) is 0 Å². The molecule has 132 valence electrons. The van der Waals surface area contributed by atoms with Crippen molar-refractivity contribution in [1.29, 1.82) is 0 Å². The monoisotopic (exact) mass is 403 g/mol. The van der Waals surface area contributed by atoms with Crippen LogP contribution in [-0.4, -0.2) is 19.6 Å². The van der Waals surface area contributed by atoms with E-state index in [0.29, 0.717) is 18.1 Å². The van der Waals surface area contributed by atoms with Crippen molar-refractivity contribution in [2.24, 2.45) is 0 Å². The third kappa shape index (κ3) is 5.64. The quantitative estimate of drug-likeness (QED) is 0.645.